The zero-order valence-electron chi connectivity index (χ0n) is 9.60. The molecule has 1 atom stereocenters. The van der Waals surface area contributed by atoms with Crippen LogP contribution in [0.2, 0.25) is 0 Å². The number of nitrogens with zero attached hydrogens (tertiary/aromatic N) is 1. The van der Waals surface area contributed by atoms with E-state index in [1.165, 1.54) is 11.1 Å². The van der Waals surface area contributed by atoms with Gasteiger partial charge in [0.05, 0.1) is 6.04 Å². The lowest BCUT2D eigenvalue weighted by Crippen LogP contribution is -2.21. The Morgan fingerprint density at radius 3 is 2.94 bits per heavy atom. The fourth-order valence-electron chi connectivity index (χ4n) is 1.78. The molecule has 0 aliphatic carbocycles. The highest BCUT2D eigenvalue weighted by atomic mass is 32.1. The zero-order chi connectivity index (χ0) is 11.4. The van der Waals surface area contributed by atoms with Gasteiger partial charge in [0.1, 0.15) is 5.01 Å². The SMILES string of the molecule is CCNC(c1cccc(C)c1)c1nccs1. The van der Waals surface area contributed by atoms with Crippen molar-refractivity contribution in [2.24, 2.45) is 0 Å². The molecule has 16 heavy (non-hydrogen) atoms. The minimum absolute atomic E-state index is 0.227. The molecule has 2 rings (SSSR count). The lowest BCUT2D eigenvalue weighted by molar-refractivity contribution is 0.627. The monoisotopic (exact) mass is 232 g/mol. The molecule has 0 saturated heterocycles. The lowest BCUT2D eigenvalue weighted by Gasteiger charge is -2.16. The molecule has 2 nitrogen and oxygen atoms in total. The fraction of sp³-hybridized carbons (Fsp3) is 0.308. The van der Waals surface area contributed by atoms with Gasteiger partial charge in [-0.15, -0.1) is 11.3 Å². The van der Waals surface area contributed by atoms with Crippen molar-refractivity contribution in [1.29, 1.82) is 0 Å². The number of nitrogens with one attached hydrogen (secondary N) is 1. The highest BCUT2D eigenvalue weighted by molar-refractivity contribution is 7.09. The van der Waals surface area contributed by atoms with Gasteiger partial charge in [0.15, 0.2) is 0 Å². The lowest BCUT2D eigenvalue weighted by atomic mass is 10.0. The number of hydrogen-bond acceptors (Lipinski definition) is 3. The van der Waals surface area contributed by atoms with Gasteiger partial charge in [-0.2, -0.15) is 0 Å². The summed E-state index contributed by atoms with van der Waals surface area (Å²) in [5, 5.41) is 6.63. The van der Waals surface area contributed by atoms with Crippen molar-refractivity contribution in [1.82, 2.24) is 10.3 Å². The molecule has 1 aromatic heterocycles. The molecule has 0 amide bonds. The number of benzene rings is 1. The van der Waals surface area contributed by atoms with Gasteiger partial charge in [0.25, 0.3) is 0 Å². The molecule has 0 aliphatic rings. The van der Waals surface area contributed by atoms with E-state index in [0.717, 1.165) is 11.6 Å². The van der Waals surface area contributed by atoms with E-state index in [1.807, 2.05) is 11.6 Å². The van der Waals surface area contributed by atoms with E-state index in [1.54, 1.807) is 11.3 Å². The maximum absolute atomic E-state index is 4.40. The summed E-state index contributed by atoms with van der Waals surface area (Å²) in [6.45, 7) is 5.18. The van der Waals surface area contributed by atoms with E-state index in [-0.39, 0.29) is 6.04 Å². The van der Waals surface area contributed by atoms with Crippen molar-refractivity contribution in [3.8, 4) is 0 Å². The summed E-state index contributed by atoms with van der Waals surface area (Å²) in [5.41, 5.74) is 2.58. The first kappa shape index (κ1) is 11.3. The van der Waals surface area contributed by atoms with Gasteiger partial charge in [-0.05, 0) is 19.0 Å². The molecule has 3 heteroatoms. The van der Waals surface area contributed by atoms with Crippen LogP contribution in [0.1, 0.15) is 29.1 Å². The molecule has 0 saturated carbocycles. The van der Waals surface area contributed by atoms with Gasteiger partial charge in [-0.25, -0.2) is 4.98 Å². The summed E-state index contributed by atoms with van der Waals surface area (Å²) in [6, 6.07) is 8.82. The van der Waals surface area contributed by atoms with Crippen LogP contribution in [0.4, 0.5) is 0 Å². The van der Waals surface area contributed by atoms with Crippen molar-refractivity contribution in [3.05, 3.63) is 52.0 Å². The Morgan fingerprint density at radius 2 is 2.31 bits per heavy atom. The van der Waals surface area contributed by atoms with Crippen LogP contribution in [0.25, 0.3) is 0 Å². The van der Waals surface area contributed by atoms with Crippen LogP contribution in [-0.4, -0.2) is 11.5 Å². The first-order valence-electron chi connectivity index (χ1n) is 5.50. The van der Waals surface area contributed by atoms with E-state index in [9.17, 15) is 0 Å². The maximum Gasteiger partial charge on any atom is 0.114 e. The van der Waals surface area contributed by atoms with Crippen molar-refractivity contribution in [3.63, 3.8) is 0 Å². The van der Waals surface area contributed by atoms with Crippen LogP contribution < -0.4 is 5.32 Å². The standard InChI is InChI=1S/C13H16N2S/c1-3-14-12(13-15-7-8-16-13)11-6-4-5-10(2)9-11/h4-9,12,14H,3H2,1-2H3. The van der Waals surface area contributed by atoms with Crippen LogP contribution >= 0.6 is 11.3 Å². The molecular formula is C13H16N2S. The molecule has 0 fully saturated rings. The second-order valence-corrected chi connectivity index (χ2v) is 4.70. The highest BCUT2D eigenvalue weighted by Gasteiger charge is 2.14. The summed E-state index contributed by atoms with van der Waals surface area (Å²) in [6.07, 6.45) is 1.86. The topological polar surface area (TPSA) is 24.9 Å². The summed E-state index contributed by atoms with van der Waals surface area (Å²) in [7, 11) is 0. The van der Waals surface area contributed by atoms with Gasteiger partial charge < -0.3 is 5.32 Å². The molecule has 84 valence electrons. The van der Waals surface area contributed by atoms with E-state index in [4.69, 9.17) is 0 Å². The summed E-state index contributed by atoms with van der Waals surface area (Å²) >= 11 is 1.70. The second-order valence-electron chi connectivity index (χ2n) is 3.78. The molecule has 1 N–H and O–H groups in total. The predicted molar refractivity (Wildman–Crippen MR) is 68.8 cm³/mol. The number of thiazole rings is 1. The van der Waals surface area contributed by atoms with Gasteiger partial charge in [0.2, 0.25) is 0 Å². The quantitative estimate of drug-likeness (QED) is 0.876. The molecule has 0 radical (unpaired) electrons. The molecule has 0 bridgehead atoms. The molecular weight excluding hydrogens is 216 g/mol. The Kier molecular flexibility index (Phi) is 3.70. The van der Waals surface area contributed by atoms with Crippen molar-refractivity contribution in [2.75, 3.05) is 6.54 Å². The third-order valence-electron chi connectivity index (χ3n) is 2.48. The fourth-order valence-corrected chi connectivity index (χ4v) is 2.52. The Morgan fingerprint density at radius 1 is 1.44 bits per heavy atom. The number of rotatable bonds is 4. The van der Waals surface area contributed by atoms with Crippen LogP contribution in [0.3, 0.4) is 0 Å². The summed E-state index contributed by atoms with van der Waals surface area (Å²) in [4.78, 5) is 4.40. The van der Waals surface area contributed by atoms with E-state index in [0.29, 0.717) is 0 Å². The predicted octanol–water partition coefficient (Wildman–Crippen LogP) is 3.15. The molecule has 2 aromatic rings. The normalized spacial score (nSPS) is 12.6. The highest BCUT2D eigenvalue weighted by Crippen LogP contribution is 2.24. The van der Waals surface area contributed by atoms with Crippen LogP contribution in [0.5, 0.6) is 0 Å². The second kappa shape index (κ2) is 5.23. The number of aryl methyl sites for hydroxylation is 1. The molecule has 1 aromatic carbocycles. The Balaban J connectivity index is 2.33. The van der Waals surface area contributed by atoms with Gasteiger partial charge in [-0.3, -0.25) is 0 Å². The first-order valence-corrected chi connectivity index (χ1v) is 6.38. The third-order valence-corrected chi connectivity index (χ3v) is 3.32. The minimum Gasteiger partial charge on any atom is -0.305 e. The van der Waals surface area contributed by atoms with Crippen molar-refractivity contribution < 1.29 is 0 Å². The third kappa shape index (κ3) is 2.49. The Bertz CT molecular complexity index is 437. The average molecular weight is 232 g/mol. The Labute approximate surface area is 100 Å². The van der Waals surface area contributed by atoms with Crippen LogP contribution in [0, 0.1) is 6.92 Å². The smallest absolute Gasteiger partial charge is 0.114 e. The van der Waals surface area contributed by atoms with Gasteiger partial charge >= 0.3 is 0 Å². The number of hydrogen-bond donors (Lipinski definition) is 1. The molecule has 0 spiro atoms. The minimum atomic E-state index is 0.227. The van der Waals surface area contributed by atoms with Crippen molar-refractivity contribution >= 4 is 11.3 Å². The maximum atomic E-state index is 4.40. The molecule has 1 heterocycles. The number of aromatic nitrogens is 1. The van der Waals surface area contributed by atoms with Gasteiger partial charge in [0, 0.05) is 11.6 Å². The summed E-state index contributed by atoms with van der Waals surface area (Å²) < 4.78 is 0. The largest absolute Gasteiger partial charge is 0.305 e. The van der Waals surface area contributed by atoms with E-state index < -0.39 is 0 Å². The summed E-state index contributed by atoms with van der Waals surface area (Å²) in [5.74, 6) is 0. The zero-order valence-corrected chi connectivity index (χ0v) is 10.4. The Hall–Kier alpha value is -1.19. The first-order chi connectivity index (χ1) is 7.81. The van der Waals surface area contributed by atoms with Crippen molar-refractivity contribution in [2.45, 2.75) is 19.9 Å². The van der Waals surface area contributed by atoms with Gasteiger partial charge in [-0.1, -0.05) is 36.8 Å². The van der Waals surface area contributed by atoms with E-state index >= 15 is 0 Å². The van der Waals surface area contributed by atoms with E-state index in [2.05, 4.69) is 48.4 Å². The molecule has 1 unspecified atom stereocenters. The van der Waals surface area contributed by atoms with Crippen LogP contribution in [-0.2, 0) is 0 Å². The van der Waals surface area contributed by atoms with Crippen LogP contribution in [0.15, 0.2) is 35.8 Å². The molecule has 0 aliphatic heterocycles. The average Bonchev–Trinajstić information content (AvgIpc) is 2.79.